The van der Waals surface area contributed by atoms with Crippen molar-refractivity contribution in [2.45, 2.75) is 18.9 Å². The van der Waals surface area contributed by atoms with Gasteiger partial charge in [-0.2, -0.15) is 0 Å². The Morgan fingerprint density at radius 3 is 2.69 bits per heavy atom. The topological polar surface area (TPSA) is 84.1 Å². The number of phenols is 1. The summed E-state index contributed by atoms with van der Waals surface area (Å²) in [5, 5.41) is 10.3. The van der Waals surface area contributed by atoms with Crippen LogP contribution in [0.1, 0.15) is 12.8 Å². The Bertz CT molecular complexity index is 1190. The van der Waals surface area contributed by atoms with E-state index >= 15 is 0 Å². The van der Waals surface area contributed by atoms with Crippen LogP contribution in [0.5, 0.6) is 5.75 Å². The lowest BCUT2D eigenvalue weighted by molar-refractivity contribution is 0.475. The van der Waals surface area contributed by atoms with Gasteiger partial charge in [-0.1, -0.05) is 0 Å². The summed E-state index contributed by atoms with van der Waals surface area (Å²) in [5.74, 6) is 0.985. The number of nitrogens with zero attached hydrogens (tertiary/aromatic N) is 5. The molecule has 1 N–H and O–H groups in total. The summed E-state index contributed by atoms with van der Waals surface area (Å²) in [6, 6.07) is 6.96. The van der Waals surface area contributed by atoms with Crippen LogP contribution in [0.2, 0.25) is 0 Å². The number of rotatable bonds is 3. The molecule has 0 saturated heterocycles. The van der Waals surface area contributed by atoms with Crippen molar-refractivity contribution in [3.05, 3.63) is 47.3 Å². The van der Waals surface area contributed by atoms with Gasteiger partial charge in [-0.05, 0) is 37.1 Å². The average Bonchev–Trinajstić information content (AvgIpc) is 3.43. The maximum absolute atomic E-state index is 13.0. The fourth-order valence-electron chi connectivity index (χ4n) is 3.15. The molecule has 0 aliphatic heterocycles. The number of aromatic hydroxyl groups is 1. The van der Waals surface area contributed by atoms with Crippen LogP contribution < -0.4 is 10.5 Å². The molecule has 3 aromatic heterocycles. The Morgan fingerprint density at radius 2 is 1.96 bits per heavy atom. The number of hydrogen-bond donors (Lipinski definition) is 1. The van der Waals surface area contributed by atoms with Crippen LogP contribution in [0.15, 0.2) is 41.7 Å². The van der Waals surface area contributed by atoms with E-state index in [2.05, 4.69) is 19.9 Å². The van der Waals surface area contributed by atoms with Crippen molar-refractivity contribution in [3.63, 3.8) is 0 Å². The number of fused-ring (bicyclic) bond motifs is 3. The van der Waals surface area contributed by atoms with Gasteiger partial charge in [0.2, 0.25) is 0 Å². The zero-order valence-electron chi connectivity index (χ0n) is 14.0. The van der Waals surface area contributed by atoms with Gasteiger partial charge >= 0.3 is 0 Å². The minimum Gasteiger partial charge on any atom is -0.508 e. The van der Waals surface area contributed by atoms with Gasteiger partial charge in [0, 0.05) is 13.1 Å². The van der Waals surface area contributed by atoms with Gasteiger partial charge in [-0.25, -0.2) is 15.0 Å². The van der Waals surface area contributed by atoms with Crippen molar-refractivity contribution in [2.75, 3.05) is 11.9 Å². The molecule has 1 aliphatic carbocycles. The molecule has 3 heterocycles. The van der Waals surface area contributed by atoms with Crippen molar-refractivity contribution in [1.29, 1.82) is 0 Å². The van der Waals surface area contributed by atoms with Crippen molar-refractivity contribution < 1.29 is 5.11 Å². The fraction of sp³-hybridized carbons (Fsp3) is 0.222. The Kier molecular flexibility index (Phi) is 3.23. The van der Waals surface area contributed by atoms with Crippen LogP contribution in [-0.4, -0.2) is 37.7 Å². The summed E-state index contributed by atoms with van der Waals surface area (Å²) in [5.41, 5.74) is 1.15. The molecule has 1 aliphatic rings. The summed E-state index contributed by atoms with van der Waals surface area (Å²) in [4.78, 5) is 29.3. The molecular weight excluding hydrogens is 350 g/mol. The predicted molar refractivity (Wildman–Crippen MR) is 101 cm³/mol. The third kappa shape index (κ3) is 2.26. The van der Waals surface area contributed by atoms with E-state index in [1.807, 2.05) is 7.05 Å². The lowest BCUT2D eigenvalue weighted by Crippen LogP contribution is -2.21. The summed E-state index contributed by atoms with van der Waals surface area (Å²) < 4.78 is 2.04. The van der Waals surface area contributed by atoms with Gasteiger partial charge in [-0.15, -0.1) is 11.3 Å². The van der Waals surface area contributed by atoms with Gasteiger partial charge in [0.15, 0.2) is 0 Å². The standard InChI is InChI=1S/C18H15N5O2S/c1-22(10-2-3-10)16-13-14-15(26-17(13)20-8-19-16)18(25)23(9-21-14)11-4-6-12(24)7-5-11/h4-10,24H,2-3H2,1H3. The van der Waals surface area contributed by atoms with Gasteiger partial charge in [0.25, 0.3) is 5.56 Å². The minimum absolute atomic E-state index is 0.149. The minimum atomic E-state index is -0.149. The van der Waals surface area contributed by atoms with E-state index in [0.717, 1.165) is 28.9 Å². The molecule has 5 rings (SSSR count). The first kappa shape index (κ1) is 15.3. The second-order valence-electron chi connectivity index (χ2n) is 6.44. The summed E-state index contributed by atoms with van der Waals surface area (Å²) in [7, 11) is 2.03. The molecule has 0 spiro atoms. The van der Waals surface area contributed by atoms with E-state index in [0.29, 0.717) is 21.9 Å². The Morgan fingerprint density at radius 1 is 1.19 bits per heavy atom. The first-order valence-electron chi connectivity index (χ1n) is 8.30. The Labute approximate surface area is 152 Å². The molecule has 8 heteroatoms. The Balaban J connectivity index is 1.76. The first-order valence-corrected chi connectivity index (χ1v) is 9.12. The molecule has 1 saturated carbocycles. The fourth-order valence-corrected chi connectivity index (χ4v) is 4.17. The highest BCUT2D eigenvalue weighted by atomic mass is 32.1. The lowest BCUT2D eigenvalue weighted by atomic mass is 10.3. The summed E-state index contributed by atoms with van der Waals surface area (Å²) >= 11 is 1.34. The molecule has 7 nitrogen and oxygen atoms in total. The van der Waals surface area contributed by atoms with Crippen LogP contribution in [0, 0.1) is 0 Å². The normalized spacial score (nSPS) is 14.2. The van der Waals surface area contributed by atoms with Gasteiger partial charge in [0.1, 0.15) is 39.3 Å². The maximum atomic E-state index is 13.0. The van der Waals surface area contributed by atoms with Crippen LogP contribution in [0.3, 0.4) is 0 Å². The number of anilines is 1. The third-order valence-corrected chi connectivity index (χ3v) is 5.79. The SMILES string of the molecule is CN(c1ncnc2sc3c(=O)n(-c4ccc(O)cc4)cnc3c12)C1CC1. The highest BCUT2D eigenvalue weighted by Gasteiger charge is 2.29. The number of thiophene rings is 1. The monoisotopic (exact) mass is 365 g/mol. The molecule has 1 aromatic carbocycles. The van der Waals surface area contributed by atoms with Gasteiger partial charge < -0.3 is 10.0 Å². The maximum Gasteiger partial charge on any atom is 0.275 e. The van der Waals surface area contributed by atoms with Crippen molar-refractivity contribution in [3.8, 4) is 11.4 Å². The number of phenolic OH excluding ortho intramolecular Hbond substituents is 1. The second-order valence-corrected chi connectivity index (χ2v) is 7.43. The number of hydrogen-bond acceptors (Lipinski definition) is 7. The lowest BCUT2D eigenvalue weighted by Gasteiger charge is -2.17. The van der Waals surface area contributed by atoms with Crippen molar-refractivity contribution in [2.24, 2.45) is 0 Å². The Hall–Kier alpha value is -3.00. The first-order chi connectivity index (χ1) is 12.6. The largest absolute Gasteiger partial charge is 0.508 e. The average molecular weight is 365 g/mol. The molecule has 4 aromatic rings. The number of aromatic nitrogens is 4. The van der Waals surface area contributed by atoms with E-state index in [4.69, 9.17) is 0 Å². The van der Waals surface area contributed by atoms with E-state index in [-0.39, 0.29) is 11.3 Å². The molecule has 0 radical (unpaired) electrons. The highest BCUT2D eigenvalue weighted by Crippen LogP contribution is 2.38. The third-order valence-electron chi connectivity index (χ3n) is 4.72. The number of benzene rings is 1. The molecule has 0 atom stereocenters. The van der Waals surface area contributed by atoms with Gasteiger partial charge in [0.05, 0.1) is 11.1 Å². The quantitative estimate of drug-likeness (QED) is 0.601. The van der Waals surface area contributed by atoms with E-state index in [9.17, 15) is 9.90 Å². The van der Waals surface area contributed by atoms with Crippen LogP contribution in [0.4, 0.5) is 5.82 Å². The van der Waals surface area contributed by atoms with Crippen LogP contribution in [-0.2, 0) is 0 Å². The molecule has 130 valence electrons. The van der Waals surface area contributed by atoms with E-state index in [1.54, 1.807) is 30.6 Å². The molecule has 0 amide bonds. The molecule has 0 bridgehead atoms. The van der Waals surface area contributed by atoms with Gasteiger partial charge in [-0.3, -0.25) is 9.36 Å². The van der Waals surface area contributed by atoms with E-state index < -0.39 is 0 Å². The zero-order valence-corrected chi connectivity index (χ0v) is 14.8. The second kappa shape index (κ2) is 5.50. The van der Waals surface area contributed by atoms with Crippen LogP contribution in [0.25, 0.3) is 26.1 Å². The highest BCUT2D eigenvalue weighted by molar-refractivity contribution is 7.25. The predicted octanol–water partition coefficient (Wildman–Crippen LogP) is 2.69. The van der Waals surface area contributed by atoms with Crippen molar-refractivity contribution >= 4 is 37.6 Å². The molecule has 0 unspecified atom stereocenters. The molecular formula is C18H15N5O2S. The molecule has 1 fully saturated rings. The smallest absolute Gasteiger partial charge is 0.275 e. The molecule has 26 heavy (non-hydrogen) atoms. The summed E-state index contributed by atoms with van der Waals surface area (Å²) in [6.07, 6.45) is 5.39. The van der Waals surface area contributed by atoms with E-state index in [1.165, 1.54) is 22.2 Å². The van der Waals surface area contributed by atoms with Crippen LogP contribution >= 0.6 is 11.3 Å². The van der Waals surface area contributed by atoms with Crippen molar-refractivity contribution in [1.82, 2.24) is 19.5 Å². The zero-order chi connectivity index (χ0) is 17.8. The summed E-state index contributed by atoms with van der Waals surface area (Å²) in [6.45, 7) is 0.